The monoisotopic (exact) mass is 228 g/mol. The van der Waals surface area contributed by atoms with Crippen molar-refractivity contribution >= 4 is 6.08 Å². The topological polar surface area (TPSA) is 0 Å². The Morgan fingerprint density at radius 3 is 2.06 bits per heavy atom. The van der Waals surface area contributed by atoms with E-state index in [1.54, 1.807) is 5.57 Å². The van der Waals surface area contributed by atoms with E-state index >= 15 is 0 Å². The van der Waals surface area contributed by atoms with Crippen molar-refractivity contribution in [2.75, 3.05) is 0 Å². The lowest BCUT2D eigenvalue weighted by molar-refractivity contribution is 0.498. The smallest absolute Gasteiger partial charge is 0.00525 e. The van der Waals surface area contributed by atoms with Gasteiger partial charge in [0.25, 0.3) is 0 Å². The molecule has 0 atom stereocenters. The normalized spacial score (nSPS) is 15.8. The Hall–Kier alpha value is -1.04. The summed E-state index contributed by atoms with van der Waals surface area (Å²) in [6, 6.07) is 6.96. The number of fused-ring (bicyclic) bond motifs is 1. The highest BCUT2D eigenvalue weighted by molar-refractivity contribution is 5.65. The molecule has 0 heteroatoms. The van der Waals surface area contributed by atoms with Gasteiger partial charge in [0.05, 0.1) is 0 Å². The van der Waals surface area contributed by atoms with Gasteiger partial charge < -0.3 is 0 Å². The minimum atomic E-state index is 0.250. The first kappa shape index (κ1) is 12.4. The van der Waals surface area contributed by atoms with Gasteiger partial charge in [0.15, 0.2) is 0 Å². The third-order valence-electron chi connectivity index (χ3n) is 3.68. The molecule has 0 spiro atoms. The maximum atomic E-state index is 2.39. The molecule has 0 bridgehead atoms. The predicted molar refractivity (Wildman–Crippen MR) is 76.3 cm³/mol. The Kier molecular flexibility index (Phi) is 2.72. The van der Waals surface area contributed by atoms with E-state index in [4.69, 9.17) is 0 Å². The van der Waals surface area contributed by atoms with E-state index in [1.165, 1.54) is 16.7 Å². The largest absolute Gasteiger partial charge is 0.0598 e. The molecule has 0 aliphatic heterocycles. The molecular formula is C17H24. The number of benzene rings is 1. The van der Waals surface area contributed by atoms with Crippen molar-refractivity contribution in [1.29, 1.82) is 0 Å². The fourth-order valence-electron chi connectivity index (χ4n) is 2.29. The molecule has 0 amide bonds. The molecule has 92 valence electrons. The van der Waals surface area contributed by atoms with Crippen molar-refractivity contribution in [2.24, 2.45) is 5.41 Å². The molecule has 17 heavy (non-hydrogen) atoms. The van der Waals surface area contributed by atoms with Crippen LogP contribution in [0.1, 0.15) is 58.2 Å². The van der Waals surface area contributed by atoms with Gasteiger partial charge in [-0.25, -0.2) is 0 Å². The van der Waals surface area contributed by atoms with Crippen LogP contribution in [0.3, 0.4) is 0 Å². The van der Waals surface area contributed by atoms with Gasteiger partial charge in [-0.15, -0.1) is 0 Å². The summed E-state index contributed by atoms with van der Waals surface area (Å²) >= 11 is 0. The van der Waals surface area contributed by atoms with Crippen LogP contribution in [0.25, 0.3) is 6.08 Å². The Bertz CT molecular complexity index is 462. The minimum Gasteiger partial charge on any atom is -0.0598 e. The number of hydrogen-bond donors (Lipinski definition) is 0. The fourth-order valence-corrected chi connectivity index (χ4v) is 2.29. The highest BCUT2D eigenvalue weighted by Crippen LogP contribution is 2.37. The first-order valence-electron chi connectivity index (χ1n) is 6.52. The van der Waals surface area contributed by atoms with Crippen molar-refractivity contribution in [3.63, 3.8) is 0 Å². The van der Waals surface area contributed by atoms with Crippen LogP contribution in [0.4, 0.5) is 0 Å². The van der Waals surface area contributed by atoms with Gasteiger partial charge in [-0.2, -0.15) is 0 Å². The molecule has 1 aromatic rings. The van der Waals surface area contributed by atoms with Gasteiger partial charge in [-0.3, -0.25) is 0 Å². The van der Waals surface area contributed by atoms with Crippen LogP contribution in [0.2, 0.25) is 0 Å². The van der Waals surface area contributed by atoms with Crippen LogP contribution in [-0.2, 0) is 11.8 Å². The van der Waals surface area contributed by atoms with Crippen LogP contribution in [0.15, 0.2) is 23.8 Å². The molecular weight excluding hydrogens is 204 g/mol. The lowest BCUT2D eigenvalue weighted by Gasteiger charge is -2.21. The Balaban J connectivity index is 2.35. The first-order valence-corrected chi connectivity index (χ1v) is 6.52. The molecule has 2 rings (SSSR count). The summed E-state index contributed by atoms with van der Waals surface area (Å²) in [5.41, 5.74) is 6.46. The summed E-state index contributed by atoms with van der Waals surface area (Å²) in [5, 5.41) is 0. The van der Waals surface area contributed by atoms with E-state index in [-0.39, 0.29) is 5.41 Å². The maximum Gasteiger partial charge on any atom is -0.00525 e. The summed E-state index contributed by atoms with van der Waals surface area (Å²) in [4.78, 5) is 0. The molecule has 0 aromatic heterocycles. The molecule has 0 radical (unpaired) electrons. The quantitative estimate of drug-likeness (QED) is 0.588. The number of rotatable bonds is 0. The van der Waals surface area contributed by atoms with Crippen LogP contribution in [0, 0.1) is 5.41 Å². The number of allylic oxidation sites excluding steroid dienone is 1. The lowest BCUT2D eigenvalue weighted by Crippen LogP contribution is -2.12. The summed E-state index contributed by atoms with van der Waals surface area (Å²) < 4.78 is 0. The molecule has 1 aliphatic carbocycles. The van der Waals surface area contributed by atoms with Crippen molar-refractivity contribution in [3.8, 4) is 0 Å². The Morgan fingerprint density at radius 1 is 0.882 bits per heavy atom. The molecule has 0 nitrogen and oxygen atoms in total. The third-order valence-corrected chi connectivity index (χ3v) is 3.68. The van der Waals surface area contributed by atoms with Gasteiger partial charge in [0.2, 0.25) is 0 Å². The summed E-state index contributed by atoms with van der Waals surface area (Å²) in [6.45, 7) is 13.7. The molecule has 0 heterocycles. The first-order chi connectivity index (χ1) is 7.68. The van der Waals surface area contributed by atoms with Gasteiger partial charge in [0.1, 0.15) is 0 Å². The second-order valence-electron chi connectivity index (χ2n) is 7.26. The predicted octanol–water partition coefficient (Wildman–Crippen LogP) is 4.97. The third kappa shape index (κ3) is 2.46. The van der Waals surface area contributed by atoms with Gasteiger partial charge in [0, 0.05) is 0 Å². The fraction of sp³-hybridized carbons (Fsp3) is 0.529. The van der Waals surface area contributed by atoms with E-state index in [1.807, 2.05) is 0 Å². The van der Waals surface area contributed by atoms with E-state index in [0.29, 0.717) is 5.41 Å². The molecule has 0 saturated heterocycles. The zero-order valence-electron chi connectivity index (χ0n) is 12.0. The van der Waals surface area contributed by atoms with E-state index < -0.39 is 0 Å². The highest BCUT2D eigenvalue weighted by atomic mass is 14.3. The zero-order chi connectivity index (χ0) is 12.8. The highest BCUT2D eigenvalue weighted by Gasteiger charge is 2.24. The van der Waals surface area contributed by atoms with E-state index in [2.05, 4.69) is 65.8 Å². The average molecular weight is 228 g/mol. The Labute approximate surface area is 106 Å². The van der Waals surface area contributed by atoms with Gasteiger partial charge in [-0.05, 0) is 33.9 Å². The Morgan fingerprint density at radius 2 is 1.53 bits per heavy atom. The van der Waals surface area contributed by atoms with Crippen molar-refractivity contribution in [1.82, 2.24) is 0 Å². The number of hydrogen-bond acceptors (Lipinski definition) is 0. The summed E-state index contributed by atoms with van der Waals surface area (Å²) in [6.07, 6.45) is 3.50. The summed E-state index contributed by atoms with van der Waals surface area (Å²) in [5.74, 6) is 0. The molecule has 0 unspecified atom stereocenters. The molecule has 1 aromatic carbocycles. The average Bonchev–Trinajstić information content (AvgIpc) is 2.57. The zero-order valence-corrected chi connectivity index (χ0v) is 12.0. The lowest BCUT2D eigenvalue weighted by atomic mass is 9.84. The molecule has 1 aliphatic rings. The van der Waals surface area contributed by atoms with Crippen LogP contribution in [-0.4, -0.2) is 0 Å². The molecule has 0 fully saturated rings. The van der Waals surface area contributed by atoms with E-state index in [0.717, 1.165) is 6.42 Å². The van der Waals surface area contributed by atoms with Crippen molar-refractivity contribution in [2.45, 2.75) is 53.4 Å². The van der Waals surface area contributed by atoms with Gasteiger partial charge >= 0.3 is 0 Å². The molecule has 0 N–H and O–H groups in total. The second-order valence-corrected chi connectivity index (χ2v) is 7.26. The summed E-state index contributed by atoms with van der Waals surface area (Å²) in [7, 11) is 0. The molecule has 0 saturated carbocycles. The standard InChI is InChI=1S/C17H24/c1-16(2,3)14-8-7-12-9-15(17(4,5)6)11-13(12)10-14/h7-10H,11H2,1-6H3. The SMILES string of the molecule is CC(C)(C)C1=Cc2ccc(C(C)(C)C)cc2C1. The second kappa shape index (κ2) is 3.73. The van der Waals surface area contributed by atoms with E-state index in [9.17, 15) is 0 Å². The minimum absolute atomic E-state index is 0.250. The van der Waals surface area contributed by atoms with Crippen LogP contribution < -0.4 is 0 Å². The van der Waals surface area contributed by atoms with Crippen molar-refractivity contribution in [3.05, 3.63) is 40.5 Å². The van der Waals surface area contributed by atoms with Crippen molar-refractivity contribution < 1.29 is 0 Å². The maximum absolute atomic E-state index is 2.39. The van der Waals surface area contributed by atoms with Crippen LogP contribution in [0.5, 0.6) is 0 Å². The van der Waals surface area contributed by atoms with Crippen LogP contribution >= 0.6 is 0 Å². The van der Waals surface area contributed by atoms with Gasteiger partial charge in [-0.1, -0.05) is 71.4 Å².